The molecular weight excluding hydrogens is 360 g/mol. The van der Waals surface area contributed by atoms with Gasteiger partial charge in [0, 0.05) is 6.54 Å². The van der Waals surface area contributed by atoms with Crippen LogP contribution in [0.1, 0.15) is 33.6 Å². The van der Waals surface area contributed by atoms with E-state index in [2.05, 4.69) is 10.6 Å². The molecule has 27 heavy (non-hydrogen) atoms. The smallest absolute Gasteiger partial charge is 0.325 e. The second kappa shape index (κ2) is 9.62. The van der Waals surface area contributed by atoms with Gasteiger partial charge in [-0.2, -0.15) is 0 Å². The lowest BCUT2D eigenvalue weighted by Crippen LogP contribution is -2.59. The van der Waals surface area contributed by atoms with Gasteiger partial charge in [-0.05, 0) is 33.6 Å². The first-order valence-electron chi connectivity index (χ1n) is 8.73. The molecule has 0 aromatic rings. The summed E-state index contributed by atoms with van der Waals surface area (Å²) in [6.45, 7) is 4.16. The van der Waals surface area contributed by atoms with Crippen LogP contribution < -0.4 is 16.4 Å². The van der Waals surface area contributed by atoms with Gasteiger partial charge in [-0.1, -0.05) is 0 Å². The minimum absolute atomic E-state index is 0.277. The third-order valence-corrected chi connectivity index (χ3v) is 4.44. The lowest BCUT2D eigenvalue weighted by atomic mass is 10.1. The van der Waals surface area contributed by atoms with Crippen molar-refractivity contribution >= 4 is 23.7 Å². The number of carboxylic acid groups (broad SMARTS) is 1. The zero-order chi connectivity index (χ0) is 20.9. The van der Waals surface area contributed by atoms with Crippen LogP contribution in [0.5, 0.6) is 0 Å². The van der Waals surface area contributed by atoms with E-state index in [9.17, 15) is 29.4 Å². The number of carbonyl (C=O) groups is 4. The van der Waals surface area contributed by atoms with Crippen molar-refractivity contribution in [2.45, 2.75) is 70.0 Å². The van der Waals surface area contributed by atoms with Gasteiger partial charge in [0.1, 0.15) is 24.2 Å². The number of likely N-dealkylation sites (tertiary alicyclic amines) is 1. The van der Waals surface area contributed by atoms with Crippen LogP contribution in [0.15, 0.2) is 0 Å². The number of aliphatic hydroxyl groups is 2. The van der Waals surface area contributed by atoms with Crippen molar-refractivity contribution in [1.29, 1.82) is 0 Å². The zero-order valence-electron chi connectivity index (χ0n) is 15.6. The molecule has 0 aromatic heterocycles. The summed E-state index contributed by atoms with van der Waals surface area (Å²) in [4.78, 5) is 49.2. The normalized spacial score (nSPS) is 22.3. The van der Waals surface area contributed by atoms with Crippen molar-refractivity contribution in [3.63, 3.8) is 0 Å². The number of aliphatic hydroxyl groups excluding tert-OH is 2. The zero-order valence-corrected chi connectivity index (χ0v) is 15.6. The van der Waals surface area contributed by atoms with Crippen molar-refractivity contribution in [2.75, 3.05) is 6.54 Å². The Kier molecular flexibility index (Phi) is 8.13. The number of amides is 3. The van der Waals surface area contributed by atoms with Crippen molar-refractivity contribution in [3.05, 3.63) is 0 Å². The first-order valence-corrected chi connectivity index (χ1v) is 8.73. The predicted molar refractivity (Wildman–Crippen MR) is 93.2 cm³/mol. The molecule has 1 rings (SSSR count). The number of nitrogens with two attached hydrogens (primary N) is 1. The van der Waals surface area contributed by atoms with Crippen LogP contribution in [0.3, 0.4) is 0 Å². The first kappa shape index (κ1) is 22.8. The SMILES string of the molecule is C[C@H](NC(=O)[C@@H](NC(=O)[C@@H]1CCCN1C(=O)[C@@H](N)[C@@H](C)O)[C@@H](C)O)C(=O)O. The molecule has 1 saturated heterocycles. The summed E-state index contributed by atoms with van der Waals surface area (Å²) in [5.74, 6) is -3.37. The van der Waals surface area contributed by atoms with E-state index >= 15 is 0 Å². The molecular formula is C16H28N4O7. The average Bonchev–Trinajstić information content (AvgIpc) is 3.06. The van der Waals surface area contributed by atoms with Crippen LogP contribution in [-0.2, 0) is 19.2 Å². The Morgan fingerprint density at radius 3 is 2.15 bits per heavy atom. The maximum absolute atomic E-state index is 12.6. The highest BCUT2D eigenvalue weighted by atomic mass is 16.4. The van der Waals surface area contributed by atoms with E-state index in [1.54, 1.807) is 0 Å². The van der Waals surface area contributed by atoms with Crippen molar-refractivity contribution in [3.8, 4) is 0 Å². The van der Waals surface area contributed by atoms with Crippen LogP contribution in [-0.4, -0.2) is 86.8 Å². The Bertz CT molecular complexity index is 581. The van der Waals surface area contributed by atoms with Gasteiger partial charge in [0.25, 0.3) is 0 Å². The molecule has 11 nitrogen and oxygen atoms in total. The van der Waals surface area contributed by atoms with Crippen LogP contribution in [0.2, 0.25) is 0 Å². The molecule has 6 atom stereocenters. The molecule has 1 heterocycles. The van der Waals surface area contributed by atoms with Gasteiger partial charge in [-0.3, -0.25) is 19.2 Å². The fourth-order valence-corrected chi connectivity index (χ4v) is 2.72. The molecule has 154 valence electrons. The molecule has 1 fully saturated rings. The van der Waals surface area contributed by atoms with Crippen LogP contribution in [0.25, 0.3) is 0 Å². The molecule has 0 unspecified atom stereocenters. The Morgan fingerprint density at radius 1 is 1.07 bits per heavy atom. The Balaban J connectivity index is 2.84. The minimum Gasteiger partial charge on any atom is -0.480 e. The second-order valence-corrected chi connectivity index (χ2v) is 6.75. The average molecular weight is 388 g/mol. The Hall–Kier alpha value is -2.24. The molecule has 0 aliphatic carbocycles. The van der Waals surface area contributed by atoms with E-state index in [1.165, 1.54) is 25.7 Å². The van der Waals surface area contributed by atoms with Crippen LogP contribution in [0, 0.1) is 0 Å². The number of hydrogen-bond donors (Lipinski definition) is 6. The van der Waals surface area contributed by atoms with Gasteiger partial charge in [-0.25, -0.2) is 0 Å². The fraction of sp³-hybridized carbons (Fsp3) is 0.750. The van der Waals surface area contributed by atoms with E-state index in [0.29, 0.717) is 12.8 Å². The maximum Gasteiger partial charge on any atom is 0.325 e. The number of nitrogens with one attached hydrogen (secondary N) is 2. The number of carboxylic acids is 1. The molecule has 3 amide bonds. The summed E-state index contributed by atoms with van der Waals surface area (Å²) in [6.07, 6.45) is -1.50. The van der Waals surface area contributed by atoms with Gasteiger partial charge < -0.3 is 36.6 Å². The van der Waals surface area contributed by atoms with E-state index in [1.807, 2.05) is 0 Å². The van der Waals surface area contributed by atoms with E-state index in [4.69, 9.17) is 10.8 Å². The third-order valence-electron chi connectivity index (χ3n) is 4.44. The molecule has 11 heteroatoms. The highest BCUT2D eigenvalue weighted by molar-refractivity contribution is 5.94. The molecule has 0 spiro atoms. The number of aliphatic carboxylic acids is 1. The maximum atomic E-state index is 12.6. The fourth-order valence-electron chi connectivity index (χ4n) is 2.72. The van der Waals surface area contributed by atoms with Gasteiger partial charge in [0.2, 0.25) is 17.7 Å². The first-order chi connectivity index (χ1) is 12.5. The quantitative estimate of drug-likeness (QED) is 0.256. The lowest BCUT2D eigenvalue weighted by molar-refractivity contribution is -0.144. The van der Waals surface area contributed by atoms with Gasteiger partial charge in [-0.15, -0.1) is 0 Å². The molecule has 0 aromatic carbocycles. The number of hydrogen-bond acceptors (Lipinski definition) is 7. The molecule has 1 aliphatic rings. The molecule has 0 bridgehead atoms. The number of rotatable bonds is 8. The summed E-state index contributed by atoms with van der Waals surface area (Å²) < 4.78 is 0. The summed E-state index contributed by atoms with van der Waals surface area (Å²) in [6, 6.07) is -4.66. The lowest BCUT2D eigenvalue weighted by Gasteiger charge is -2.29. The number of carbonyl (C=O) groups excluding carboxylic acids is 3. The van der Waals surface area contributed by atoms with E-state index in [-0.39, 0.29) is 6.54 Å². The van der Waals surface area contributed by atoms with E-state index in [0.717, 1.165) is 0 Å². The molecule has 1 aliphatic heterocycles. The second-order valence-electron chi connectivity index (χ2n) is 6.75. The predicted octanol–water partition coefficient (Wildman–Crippen LogP) is -2.86. The van der Waals surface area contributed by atoms with Crippen molar-refractivity contribution < 1.29 is 34.5 Å². The van der Waals surface area contributed by atoms with Crippen LogP contribution in [0.4, 0.5) is 0 Å². The third kappa shape index (κ3) is 5.88. The van der Waals surface area contributed by atoms with Gasteiger partial charge in [0.05, 0.1) is 12.2 Å². The minimum atomic E-state index is -1.39. The highest BCUT2D eigenvalue weighted by Gasteiger charge is 2.39. The summed E-state index contributed by atoms with van der Waals surface area (Å²) >= 11 is 0. The van der Waals surface area contributed by atoms with Crippen molar-refractivity contribution in [2.24, 2.45) is 5.73 Å². The molecule has 0 radical (unpaired) electrons. The summed E-state index contributed by atoms with van der Waals surface area (Å²) in [7, 11) is 0. The van der Waals surface area contributed by atoms with Gasteiger partial charge in [0.15, 0.2) is 0 Å². The molecule has 7 N–H and O–H groups in total. The summed E-state index contributed by atoms with van der Waals surface area (Å²) in [5.41, 5.74) is 5.65. The van der Waals surface area contributed by atoms with Gasteiger partial charge >= 0.3 is 5.97 Å². The van der Waals surface area contributed by atoms with Crippen LogP contribution >= 0.6 is 0 Å². The topological polar surface area (TPSA) is 182 Å². The monoisotopic (exact) mass is 388 g/mol. The molecule has 0 saturated carbocycles. The standard InChI is InChI=1S/C16H28N4O7/c1-7(16(26)27)18-14(24)12(9(3)22)19-13(23)10-5-4-6-20(10)15(25)11(17)8(2)21/h7-12,21-22H,4-6,17H2,1-3H3,(H,18,24)(H,19,23)(H,26,27)/t7-,8+,9+,10-,11-,12-/m0/s1. The van der Waals surface area contributed by atoms with E-state index < -0.39 is 60.1 Å². The van der Waals surface area contributed by atoms with Crippen molar-refractivity contribution in [1.82, 2.24) is 15.5 Å². The Morgan fingerprint density at radius 2 is 1.67 bits per heavy atom. The highest BCUT2D eigenvalue weighted by Crippen LogP contribution is 2.19. The Labute approximate surface area is 156 Å². The largest absolute Gasteiger partial charge is 0.480 e. The summed E-state index contributed by atoms with van der Waals surface area (Å²) in [5, 5.41) is 32.7. The number of nitrogens with zero attached hydrogens (tertiary/aromatic N) is 1.